The Morgan fingerprint density at radius 2 is 2.27 bits per heavy atom. The highest BCUT2D eigenvalue weighted by molar-refractivity contribution is 7.99. The lowest BCUT2D eigenvalue weighted by Gasteiger charge is -2.38. The van der Waals surface area contributed by atoms with E-state index in [1.54, 1.807) is 24.9 Å². The van der Waals surface area contributed by atoms with Crippen LogP contribution in [0.1, 0.15) is 16.8 Å². The van der Waals surface area contributed by atoms with Gasteiger partial charge >= 0.3 is 0 Å². The van der Waals surface area contributed by atoms with Crippen LogP contribution in [0.15, 0.2) is 23.6 Å². The van der Waals surface area contributed by atoms with Crippen molar-refractivity contribution in [3.63, 3.8) is 0 Å². The molecular formula is C18H27ClN6O4S. The minimum absolute atomic E-state index is 0. The second-order valence-corrected chi connectivity index (χ2v) is 8.15. The molecule has 2 aromatic rings. The van der Waals surface area contributed by atoms with Gasteiger partial charge in [0.1, 0.15) is 12.1 Å². The predicted octanol–water partition coefficient (Wildman–Crippen LogP) is 0.836. The van der Waals surface area contributed by atoms with E-state index in [2.05, 4.69) is 25.4 Å². The lowest BCUT2D eigenvalue weighted by molar-refractivity contribution is 0.00833. The van der Waals surface area contributed by atoms with Gasteiger partial charge in [-0.15, -0.1) is 0 Å². The quantitative estimate of drug-likeness (QED) is 0.389. The molecule has 2 heterocycles. The molecule has 0 bridgehead atoms. The standard InChI is InChI=1S/C18H25ClN6O3S.H2O/c1-27-15-8-13(20)12(19)7-11(15)17(26)23-14-3-4-25(9-16(14)28-2)5-6-29-18-21-10-22-24-18;/h7-8,10,14,16H,3-6,9,20H2,1-2H3,(H,23,26)(H,21,22,24);1H2/t14-,16+;/m0./s1. The molecule has 6 N–H and O–H groups in total. The van der Waals surface area contributed by atoms with Crippen molar-refractivity contribution in [1.29, 1.82) is 0 Å². The van der Waals surface area contributed by atoms with Crippen molar-refractivity contribution in [2.45, 2.75) is 23.7 Å². The molecule has 10 nitrogen and oxygen atoms in total. The van der Waals surface area contributed by atoms with Gasteiger partial charge in [-0.25, -0.2) is 4.98 Å². The fourth-order valence-corrected chi connectivity index (χ4v) is 4.23. The second-order valence-electron chi connectivity index (χ2n) is 6.66. The predicted molar refractivity (Wildman–Crippen MR) is 116 cm³/mol. The normalized spacial score (nSPS) is 19.2. The number of aromatic amines is 1. The molecule has 0 aliphatic carbocycles. The van der Waals surface area contributed by atoms with Crippen LogP contribution in [0.5, 0.6) is 5.75 Å². The van der Waals surface area contributed by atoms with E-state index < -0.39 is 0 Å². The van der Waals surface area contributed by atoms with Gasteiger partial charge in [0.2, 0.25) is 0 Å². The third kappa shape index (κ3) is 5.99. The second kappa shape index (κ2) is 11.4. The Hall–Kier alpha value is -2.05. The van der Waals surface area contributed by atoms with Gasteiger partial charge in [0.25, 0.3) is 5.91 Å². The molecule has 1 aromatic carbocycles. The Bertz CT molecular complexity index is 825. The summed E-state index contributed by atoms with van der Waals surface area (Å²) in [6, 6.07) is 2.98. The number of hydrogen-bond donors (Lipinski definition) is 3. The van der Waals surface area contributed by atoms with Gasteiger partial charge < -0.3 is 26.0 Å². The number of thioether (sulfide) groups is 1. The number of nitrogen functional groups attached to an aromatic ring is 1. The van der Waals surface area contributed by atoms with Crippen LogP contribution in [0.25, 0.3) is 0 Å². The monoisotopic (exact) mass is 458 g/mol. The number of nitrogens with zero attached hydrogens (tertiary/aromatic N) is 3. The highest BCUT2D eigenvalue weighted by Gasteiger charge is 2.31. The van der Waals surface area contributed by atoms with Crippen molar-refractivity contribution < 1.29 is 19.7 Å². The molecule has 30 heavy (non-hydrogen) atoms. The van der Waals surface area contributed by atoms with E-state index in [0.717, 1.165) is 37.0 Å². The van der Waals surface area contributed by atoms with Gasteiger partial charge in [0, 0.05) is 38.6 Å². The lowest BCUT2D eigenvalue weighted by atomic mass is 10.0. The number of anilines is 1. The van der Waals surface area contributed by atoms with E-state index in [1.807, 2.05) is 0 Å². The number of rotatable bonds is 8. The molecule has 0 saturated carbocycles. The summed E-state index contributed by atoms with van der Waals surface area (Å²) in [7, 11) is 3.16. The molecule has 1 saturated heterocycles. The summed E-state index contributed by atoms with van der Waals surface area (Å²) in [5.41, 5.74) is 6.52. The Kier molecular flexibility index (Phi) is 9.18. The molecule has 0 radical (unpaired) electrons. The van der Waals surface area contributed by atoms with Gasteiger partial charge in [0.15, 0.2) is 5.16 Å². The first-order valence-corrected chi connectivity index (χ1v) is 10.5. The SMILES string of the molecule is COc1cc(N)c(Cl)cc1C(=O)N[C@H]1CCN(CCSc2ncn[nH]2)C[C@H]1OC.O. The molecule has 1 aliphatic heterocycles. The van der Waals surface area contributed by atoms with E-state index in [0.29, 0.717) is 22.0 Å². The molecule has 1 aromatic heterocycles. The van der Waals surface area contributed by atoms with Crippen molar-refractivity contribution in [2.75, 3.05) is 45.3 Å². The number of ether oxygens (including phenoxy) is 2. The third-order valence-corrected chi connectivity index (χ3v) is 6.05. The number of methoxy groups -OCH3 is 2. The highest BCUT2D eigenvalue weighted by atomic mass is 35.5. The number of halogens is 1. The fourth-order valence-electron chi connectivity index (χ4n) is 3.28. The van der Waals surface area contributed by atoms with Crippen molar-refractivity contribution in [2.24, 2.45) is 0 Å². The Labute approximate surface area is 184 Å². The van der Waals surface area contributed by atoms with Crippen molar-refractivity contribution in [1.82, 2.24) is 25.4 Å². The summed E-state index contributed by atoms with van der Waals surface area (Å²) in [5, 5.41) is 10.9. The molecule has 2 atom stereocenters. The molecule has 0 spiro atoms. The largest absolute Gasteiger partial charge is 0.496 e. The molecular weight excluding hydrogens is 432 g/mol. The molecule has 1 aliphatic rings. The number of amides is 1. The summed E-state index contributed by atoms with van der Waals surface area (Å²) < 4.78 is 10.9. The first-order chi connectivity index (χ1) is 14.0. The number of nitrogens with one attached hydrogen (secondary N) is 2. The average molecular weight is 459 g/mol. The zero-order valence-electron chi connectivity index (χ0n) is 16.9. The topological polar surface area (TPSA) is 150 Å². The smallest absolute Gasteiger partial charge is 0.255 e. The minimum Gasteiger partial charge on any atom is -0.496 e. The highest BCUT2D eigenvalue weighted by Crippen LogP contribution is 2.29. The number of H-pyrrole nitrogens is 1. The van der Waals surface area contributed by atoms with Gasteiger partial charge in [0.05, 0.1) is 35.5 Å². The van der Waals surface area contributed by atoms with E-state index in [4.69, 9.17) is 26.8 Å². The van der Waals surface area contributed by atoms with Crippen LogP contribution in [0.4, 0.5) is 5.69 Å². The summed E-state index contributed by atoms with van der Waals surface area (Å²) in [6.07, 6.45) is 2.17. The average Bonchev–Trinajstić information content (AvgIpc) is 3.24. The van der Waals surface area contributed by atoms with Crippen molar-refractivity contribution in [3.8, 4) is 5.75 Å². The molecule has 1 amide bonds. The van der Waals surface area contributed by atoms with Crippen LogP contribution >= 0.6 is 23.4 Å². The first-order valence-electron chi connectivity index (χ1n) is 9.19. The van der Waals surface area contributed by atoms with Crippen LogP contribution in [-0.4, -0.2) is 83.2 Å². The van der Waals surface area contributed by atoms with E-state index in [1.165, 1.54) is 19.5 Å². The van der Waals surface area contributed by atoms with Crippen LogP contribution in [-0.2, 0) is 4.74 Å². The molecule has 12 heteroatoms. The number of carbonyl (C=O) groups is 1. The number of carbonyl (C=O) groups excluding carboxylic acids is 1. The molecule has 166 valence electrons. The lowest BCUT2D eigenvalue weighted by Crippen LogP contribution is -2.55. The van der Waals surface area contributed by atoms with E-state index >= 15 is 0 Å². The zero-order valence-corrected chi connectivity index (χ0v) is 18.4. The Morgan fingerprint density at radius 3 is 2.93 bits per heavy atom. The number of piperidine rings is 1. The Balaban J connectivity index is 0.00000320. The van der Waals surface area contributed by atoms with Gasteiger partial charge in [-0.2, -0.15) is 5.10 Å². The zero-order chi connectivity index (χ0) is 20.8. The number of nitrogens with two attached hydrogens (primary N) is 1. The molecule has 3 rings (SSSR count). The van der Waals surface area contributed by atoms with E-state index in [9.17, 15) is 4.79 Å². The maximum absolute atomic E-state index is 12.8. The van der Waals surface area contributed by atoms with Crippen LogP contribution < -0.4 is 15.8 Å². The number of hydrogen-bond acceptors (Lipinski definition) is 8. The third-order valence-electron chi connectivity index (χ3n) is 4.87. The van der Waals surface area contributed by atoms with E-state index in [-0.39, 0.29) is 23.5 Å². The first kappa shape index (κ1) is 24.2. The van der Waals surface area contributed by atoms with Gasteiger partial charge in [-0.05, 0) is 12.5 Å². The maximum Gasteiger partial charge on any atom is 0.255 e. The summed E-state index contributed by atoms with van der Waals surface area (Å²) in [4.78, 5) is 19.3. The van der Waals surface area contributed by atoms with Crippen LogP contribution in [0, 0.1) is 0 Å². The van der Waals surface area contributed by atoms with Crippen molar-refractivity contribution >= 4 is 35.0 Å². The number of benzene rings is 1. The molecule has 0 unspecified atom stereocenters. The summed E-state index contributed by atoms with van der Waals surface area (Å²) in [5.74, 6) is 1.02. The van der Waals surface area contributed by atoms with Crippen LogP contribution in [0.2, 0.25) is 5.02 Å². The Morgan fingerprint density at radius 1 is 1.47 bits per heavy atom. The number of aromatic nitrogens is 3. The van der Waals surface area contributed by atoms with Gasteiger partial charge in [-0.3, -0.25) is 14.8 Å². The van der Waals surface area contributed by atoms with Gasteiger partial charge in [-0.1, -0.05) is 23.4 Å². The van der Waals surface area contributed by atoms with Crippen molar-refractivity contribution in [3.05, 3.63) is 29.0 Å². The molecule has 1 fully saturated rings. The number of likely N-dealkylation sites (tertiary alicyclic amines) is 1. The minimum atomic E-state index is -0.259. The summed E-state index contributed by atoms with van der Waals surface area (Å²) >= 11 is 7.71. The van der Waals surface area contributed by atoms with Crippen LogP contribution in [0.3, 0.4) is 0 Å². The summed E-state index contributed by atoms with van der Waals surface area (Å²) in [6.45, 7) is 2.49. The fraction of sp³-hybridized carbons (Fsp3) is 0.500. The maximum atomic E-state index is 12.8.